The van der Waals surface area contributed by atoms with E-state index in [2.05, 4.69) is 15.9 Å². The second-order valence-electron chi connectivity index (χ2n) is 4.79. The zero-order valence-corrected chi connectivity index (χ0v) is 12.3. The molecule has 3 rings (SSSR count). The van der Waals surface area contributed by atoms with E-state index in [4.69, 9.17) is 0 Å². The first-order valence-corrected chi connectivity index (χ1v) is 7.12. The number of halogens is 1. The van der Waals surface area contributed by atoms with Gasteiger partial charge in [-0.1, -0.05) is 34.1 Å². The van der Waals surface area contributed by atoms with Gasteiger partial charge in [0.2, 0.25) is 0 Å². The molecule has 0 saturated carbocycles. The smallest absolute Gasteiger partial charge is 0.258 e. The van der Waals surface area contributed by atoms with Gasteiger partial charge in [-0.25, -0.2) is 0 Å². The molecule has 0 unspecified atom stereocenters. The van der Waals surface area contributed by atoms with Crippen LogP contribution in [-0.2, 0) is 6.42 Å². The maximum absolute atomic E-state index is 12.6. The van der Waals surface area contributed by atoms with Crippen molar-refractivity contribution >= 4 is 27.5 Å². The molecule has 0 atom stereocenters. The van der Waals surface area contributed by atoms with Gasteiger partial charge >= 0.3 is 0 Å². The molecular formula is C16H14BrNO. The van der Waals surface area contributed by atoms with Gasteiger partial charge in [-0.05, 0) is 48.7 Å². The highest BCUT2D eigenvalue weighted by Crippen LogP contribution is 2.28. The maximum atomic E-state index is 12.6. The molecule has 96 valence electrons. The summed E-state index contributed by atoms with van der Waals surface area (Å²) in [6, 6.07) is 13.9. The number of anilines is 1. The van der Waals surface area contributed by atoms with Crippen molar-refractivity contribution in [1.82, 2.24) is 0 Å². The predicted molar refractivity (Wildman–Crippen MR) is 80.7 cm³/mol. The van der Waals surface area contributed by atoms with Crippen LogP contribution >= 0.6 is 15.9 Å². The van der Waals surface area contributed by atoms with E-state index in [9.17, 15) is 4.79 Å². The van der Waals surface area contributed by atoms with Crippen LogP contribution in [0.3, 0.4) is 0 Å². The van der Waals surface area contributed by atoms with Crippen LogP contribution in [0.25, 0.3) is 0 Å². The number of carbonyl (C=O) groups excluding carboxylic acids is 1. The molecule has 1 amide bonds. The van der Waals surface area contributed by atoms with Crippen LogP contribution in [0, 0.1) is 6.92 Å². The minimum atomic E-state index is 0.104. The molecule has 19 heavy (non-hydrogen) atoms. The summed E-state index contributed by atoms with van der Waals surface area (Å²) in [5, 5.41) is 0. The molecule has 0 radical (unpaired) electrons. The summed E-state index contributed by atoms with van der Waals surface area (Å²) in [7, 11) is 0. The molecule has 0 saturated heterocycles. The van der Waals surface area contributed by atoms with Gasteiger partial charge in [0.15, 0.2) is 0 Å². The molecular weight excluding hydrogens is 302 g/mol. The summed E-state index contributed by atoms with van der Waals surface area (Å²) in [5.41, 5.74) is 4.10. The third kappa shape index (κ3) is 2.19. The van der Waals surface area contributed by atoms with E-state index in [0.717, 1.165) is 39.8 Å². The SMILES string of the molecule is Cc1cc(Br)ccc1N1CCc2ccccc2C1=O. The molecule has 0 N–H and O–H groups in total. The Morgan fingerprint density at radius 3 is 2.74 bits per heavy atom. The zero-order valence-electron chi connectivity index (χ0n) is 10.7. The zero-order chi connectivity index (χ0) is 13.4. The highest BCUT2D eigenvalue weighted by molar-refractivity contribution is 9.10. The van der Waals surface area contributed by atoms with E-state index >= 15 is 0 Å². The lowest BCUT2D eigenvalue weighted by Crippen LogP contribution is -2.38. The normalized spacial score (nSPS) is 14.4. The first kappa shape index (κ1) is 12.4. The Labute approximate surface area is 121 Å². The minimum absolute atomic E-state index is 0.104. The van der Waals surface area contributed by atoms with Gasteiger partial charge in [0.05, 0.1) is 0 Å². The van der Waals surface area contributed by atoms with E-state index in [0.29, 0.717) is 0 Å². The monoisotopic (exact) mass is 315 g/mol. The van der Waals surface area contributed by atoms with Gasteiger partial charge in [0, 0.05) is 22.3 Å². The first-order valence-electron chi connectivity index (χ1n) is 6.33. The summed E-state index contributed by atoms with van der Waals surface area (Å²) < 4.78 is 1.04. The molecule has 0 spiro atoms. The number of benzene rings is 2. The molecule has 1 aliphatic rings. The molecule has 0 bridgehead atoms. The Hall–Kier alpha value is -1.61. The fourth-order valence-electron chi connectivity index (χ4n) is 2.58. The summed E-state index contributed by atoms with van der Waals surface area (Å²) in [5.74, 6) is 0.104. The average Bonchev–Trinajstić information content (AvgIpc) is 2.41. The predicted octanol–water partition coefficient (Wildman–Crippen LogP) is 3.96. The Bertz CT molecular complexity index is 651. The third-order valence-corrected chi connectivity index (χ3v) is 4.04. The lowest BCUT2D eigenvalue weighted by atomic mass is 9.98. The Balaban J connectivity index is 2.02. The second-order valence-corrected chi connectivity index (χ2v) is 5.71. The topological polar surface area (TPSA) is 20.3 Å². The number of rotatable bonds is 1. The Kier molecular flexibility index (Phi) is 3.15. The average molecular weight is 316 g/mol. The summed E-state index contributed by atoms with van der Waals surface area (Å²) >= 11 is 3.46. The molecule has 2 nitrogen and oxygen atoms in total. The van der Waals surface area contributed by atoms with Gasteiger partial charge < -0.3 is 4.90 Å². The van der Waals surface area contributed by atoms with Gasteiger partial charge in [0.25, 0.3) is 5.91 Å². The molecule has 2 aromatic carbocycles. The van der Waals surface area contributed by atoms with E-state index in [-0.39, 0.29) is 5.91 Å². The number of amides is 1. The maximum Gasteiger partial charge on any atom is 0.258 e. The summed E-state index contributed by atoms with van der Waals surface area (Å²) in [6.45, 7) is 2.78. The van der Waals surface area contributed by atoms with Crippen molar-refractivity contribution in [1.29, 1.82) is 0 Å². The quantitative estimate of drug-likeness (QED) is 0.780. The summed E-state index contributed by atoms with van der Waals surface area (Å²) in [4.78, 5) is 14.4. The van der Waals surface area contributed by atoms with Crippen LogP contribution in [0.2, 0.25) is 0 Å². The Morgan fingerprint density at radius 1 is 1.16 bits per heavy atom. The van der Waals surface area contributed by atoms with Crippen LogP contribution in [0.15, 0.2) is 46.9 Å². The third-order valence-electron chi connectivity index (χ3n) is 3.55. The standard InChI is InChI=1S/C16H14BrNO/c1-11-10-13(17)6-7-15(11)18-9-8-12-4-2-3-5-14(12)16(18)19/h2-7,10H,8-9H2,1H3. The molecule has 1 heterocycles. The number of carbonyl (C=O) groups is 1. The lowest BCUT2D eigenvalue weighted by Gasteiger charge is -2.29. The van der Waals surface area contributed by atoms with Crippen molar-refractivity contribution in [3.05, 3.63) is 63.6 Å². The summed E-state index contributed by atoms with van der Waals surface area (Å²) in [6.07, 6.45) is 0.914. The molecule has 1 aliphatic heterocycles. The van der Waals surface area contributed by atoms with Crippen LogP contribution in [0.1, 0.15) is 21.5 Å². The van der Waals surface area contributed by atoms with Gasteiger partial charge in [-0.2, -0.15) is 0 Å². The van der Waals surface area contributed by atoms with Crippen molar-refractivity contribution in [2.24, 2.45) is 0 Å². The molecule has 2 aromatic rings. The molecule has 0 aromatic heterocycles. The molecule has 3 heteroatoms. The number of hydrogen-bond donors (Lipinski definition) is 0. The van der Waals surface area contributed by atoms with Crippen LogP contribution in [0.4, 0.5) is 5.69 Å². The van der Waals surface area contributed by atoms with Gasteiger partial charge in [-0.15, -0.1) is 0 Å². The number of fused-ring (bicyclic) bond motifs is 1. The van der Waals surface area contributed by atoms with Crippen LogP contribution in [0.5, 0.6) is 0 Å². The number of nitrogens with zero attached hydrogens (tertiary/aromatic N) is 1. The first-order chi connectivity index (χ1) is 9.16. The number of aryl methyl sites for hydroxylation is 1. The largest absolute Gasteiger partial charge is 0.308 e. The van der Waals surface area contributed by atoms with Gasteiger partial charge in [0.1, 0.15) is 0 Å². The highest BCUT2D eigenvalue weighted by Gasteiger charge is 2.25. The van der Waals surface area contributed by atoms with E-state index < -0.39 is 0 Å². The fraction of sp³-hybridized carbons (Fsp3) is 0.188. The van der Waals surface area contributed by atoms with Crippen LogP contribution in [-0.4, -0.2) is 12.5 Å². The second kappa shape index (κ2) is 4.82. The lowest BCUT2D eigenvalue weighted by molar-refractivity contribution is 0.0980. The minimum Gasteiger partial charge on any atom is -0.308 e. The van der Waals surface area contributed by atoms with E-state index in [1.807, 2.05) is 54.3 Å². The van der Waals surface area contributed by atoms with E-state index in [1.54, 1.807) is 0 Å². The van der Waals surface area contributed by atoms with Crippen molar-refractivity contribution in [2.75, 3.05) is 11.4 Å². The fourth-order valence-corrected chi connectivity index (χ4v) is 3.05. The van der Waals surface area contributed by atoms with Crippen molar-refractivity contribution in [2.45, 2.75) is 13.3 Å². The number of hydrogen-bond acceptors (Lipinski definition) is 1. The van der Waals surface area contributed by atoms with Crippen LogP contribution < -0.4 is 4.90 Å². The molecule has 0 aliphatic carbocycles. The Morgan fingerprint density at radius 2 is 1.95 bits per heavy atom. The van der Waals surface area contributed by atoms with E-state index in [1.165, 1.54) is 0 Å². The highest BCUT2D eigenvalue weighted by atomic mass is 79.9. The molecule has 0 fully saturated rings. The van der Waals surface area contributed by atoms with Crippen molar-refractivity contribution < 1.29 is 4.79 Å². The van der Waals surface area contributed by atoms with Crippen molar-refractivity contribution in [3.63, 3.8) is 0 Å². The van der Waals surface area contributed by atoms with Gasteiger partial charge in [-0.3, -0.25) is 4.79 Å². The van der Waals surface area contributed by atoms with Crippen molar-refractivity contribution in [3.8, 4) is 0 Å².